The topological polar surface area (TPSA) is 38.4 Å². The third-order valence-corrected chi connectivity index (χ3v) is 1.28. The van der Waals surface area contributed by atoms with Crippen molar-refractivity contribution in [3.05, 3.63) is 11.8 Å². The molecular formula is C7H8N2OS. The molecule has 0 aliphatic rings. The molecule has 0 saturated carbocycles. The molecule has 0 aliphatic heterocycles. The summed E-state index contributed by atoms with van der Waals surface area (Å²) in [6.07, 6.45) is 3.63. The average Bonchev–Trinajstić information content (AvgIpc) is 2.32. The molecular weight excluding hydrogens is 160 g/mol. The van der Waals surface area contributed by atoms with Gasteiger partial charge in [-0.2, -0.15) is 0 Å². The number of oxazole rings is 1. The summed E-state index contributed by atoms with van der Waals surface area (Å²) in [6.45, 7) is 5.22. The van der Waals surface area contributed by atoms with Crippen molar-refractivity contribution in [1.82, 2.24) is 4.98 Å². The van der Waals surface area contributed by atoms with Gasteiger partial charge in [0, 0.05) is 0 Å². The van der Waals surface area contributed by atoms with Gasteiger partial charge in [-0.1, -0.05) is 18.7 Å². The Morgan fingerprint density at radius 2 is 2.45 bits per heavy atom. The van der Waals surface area contributed by atoms with Crippen LogP contribution in [0.3, 0.4) is 0 Å². The fraction of sp³-hybridized carbons (Fsp3) is 0.143. The lowest BCUT2D eigenvalue weighted by Gasteiger charge is -1.82. The minimum atomic E-state index is 0.306. The second kappa shape index (κ2) is 3.39. The second-order valence-corrected chi connectivity index (χ2v) is 2.23. The Morgan fingerprint density at radius 3 is 3.00 bits per heavy atom. The van der Waals surface area contributed by atoms with Crippen LogP contribution >= 0.6 is 12.6 Å². The van der Waals surface area contributed by atoms with Crippen molar-refractivity contribution in [2.45, 2.75) is 12.1 Å². The molecule has 1 aromatic rings. The van der Waals surface area contributed by atoms with Crippen LogP contribution in [0.5, 0.6) is 0 Å². The third kappa shape index (κ3) is 1.71. The zero-order chi connectivity index (χ0) is 8.27. The molecule has 0 radical (unpaired) electrons. The van der Waals surface area contributed by atoms with E-state index in [-0.39, 0.29) is 0 Å². The number of rotatable bonds is 2. The molecule has 11 heavy (non-hydrogen) atoms. The van der Waals surface area contributed by atoms with Gasteiger partial charge in [0.1, 0.15) is 5.69 Å². The monoisotopic (exact) mass is 168 g/mol. The lowest BCUT2D eigenvalue weighted by atomic mass is 10.4. The van der Waals surface area contributed by atoms with Gasteiger partial charge in [-0.25, -0.2) is 9.98 Å². The van der Waals surface area contributed by atoms with Crippen LogP contribution in [0, 0.1) is 0 Å². The van der Waals surface area contributed by atoms with Crippen molar-refractivity contribution < 1.29 is 4.42 Å². The highest BCUT2D eigenvalue weighted by Crippen LogP contribution is 2.22. The van der Waals surface area contributed by atoms with Gasteiger partial charge in [-0.3, -0.25) is 0 Å². The minimum absolute atomic E-state index is 0.306. The van der Waals surface area contributed by atoms with Crippen LogP contribution < -0.4 is 0 Å². The highest BCUT2D eigenvalue weighted by Gasteiger charge is 2.04. The van der Waals surface area contributed by atoms with Crippen molar-refractivity contribution >= 4 is 31.3 Å². The van der Waals surface area contributed by atoms with Crippen molar-refractivity contribution in [1.29, 1.82) is 0 Å². The first-order valence-electron chi connectivity index (χ1n) is 3.07. The molecule has 0 aliphatic carbocycles. The SMILES string of the molecule is C=Nc1oc(S)nc1/C=C\C. The van der Waals surface area contributed by atoms with Gasteiger partial charge in [0.25, 0.3) is 5.22 Å². The van der Waals surface area contributed by atoms with Crippen LogP contribution in [0.25, 0.3) is 6.08 Å². The first-order valence-corrected chi connectivity index (χ1v) is 3.52. The maximum atomic E-state index is 4.99. The Hall–Kier alpha value is -1.03. The van der Waals surface area contributed by atoms with Crippen molar-refractivity contribution in [3.8, 4) is 0 Å². The van der Waals surface area contributed by atoms with E-state index in [2.05, 4.69) is 29.3 Å². The lowest BCUT2D eigenvalue weighted by Crippen LogP contribution is -1.69. The number of aromatic nitrogens is 1. The number of hydrogen-bond acceptors (Lipinski definition) is 4. The molecule has 0 saturated heterocycles. The van der Waals surface area contributed by atoms with Crippen molar-refractivity contribution in [2.75, 3.05) is 0 Å². The van der Waals surface area contributed by atoms with Crippen LogP contribution in [0.4, 0.5) is 5.88 Å². The molecule has 1 heterocycles. The molecule has 3 nitrogen and oxygen atoms in total. The van der Waals surface area contributed by atoms with Crippen LogP contribution in [0.2, 0.25) is 0 Å². The standard InChI is InChI=1S/C7H8N2OS/c1-3-4-5-6(8-2)10-7(11)9-5/h3-4H,2H2,1H3,(H,9,11)/b4-3-. The number of allylic oxidation sites excluding steroid dienone is 1. The van der Waals surface area contributed by atoms with E-state index in [4.69, 9.17) is 4.42 Å². The Balaban J connectivity index is 3.11. The predicted molar refractivity (Wildman–Crippen MR) is 47.7 cm³/mol. The smallest absolute Gasteiger partial charge is 0.255 e. The maximum Gasteiger partial charge on any atom is 0.255 e. The van der Waals surface area contributed by atoms with Gasteiger partial charge in [-0.05, 0) is 19.7 Å². The van der Waals surface area contributed by atoms with Crippen molar-refractivity contribution in [2.24, 2.45) is 4.99 Å². The van der Waals surface area contributed by atoms with Gasteiger partial charge in [0.2, 0.25) is 5.88 Å². The van der Waals surface area contributed by atoms with Crippen LogP contribution in [-0.2, 0) is 0 Å². The van der Waals surface area contributed by atoms with Crippen LogP contribution in [0.1, 0.15) is 12.6 Å². The van der Waals surface area contributed by atoms with E-state index in [1.165, 1.54) is 0 Å². The summed E-state index contributed by atoms with van der Waals surface area (Å²) in [7, 11) is 0. The average molecular weight is 168 g/mol. The quantitative estimate of drug-likeness (QED) is 0.543. The third-order valence-electron chi connectivity index (χ3n) is 1.09. The molecule has 58 valence electrons. The van der Waals surface area contributed by atoms with Gasteiger partial charge in [0.15, 0.2) is 0 Å². The van der Waals surface area contributed by atoms with Crippen LogP contribution in [-0.4, -0.2) is 11.7 Å². The molecule has 0 atom stereocenters. The summed E-state index contributed by atoms with van der Waals surface area (Å²) in [5.74, 6) is 0.410. The molecule has 1 rings (SSSR count). The van der Waals surface area contributed by atoms with E-state index in [0.717, 1.165) is 0 Å². The maximum absolute atomic E-state index is 4.99. The molecule has 0 amide bonds. The van der Waals surface area contributed by atoms with Crippen molar-refractivity contribution in [3.63, 3.8) is 0 Å². The highest BCUT2D eigenvalue weighted by molar-refractivity contribution is 7.80. The fourth-order valence-corrected chi connectivity index (χ4v) is 0.886. The zero-order valence-corrected chi connectivity index (χ0v) is 7.01. The number of nitrogens with zero attached hydrogens (tertiary/aromatic N) is 2. The zero-order valence-electron chi connectivity index (χ0n) is 6.11. The summed E-state index contributed by atoms with van der Waals surface area (Å²) in [4.78, 5) is 7.58. The molecule has 0 unspecified atom stereocenters. The Bertz CT molecular complexity index is 291. The fourth-order valence-electron chi connectivity index (χ4n) is 0.692. The molecule has 1 aromatic heterocycles. The summed E-state index contributed by atoms with van der Waals surface area (Å²) in [5.41, 5.74) is 0.660. The van der Waals surface area contributed by atoms with E-state index < -0.39 is 0 Å². The summed E-state index contributed by atoms with van der Waals surface area (Å²) in [6, 6.07) is 0. The molecule has 0 N–H and O–H groups in total. The highest BCUT2D eigenvalue weighted by atomic mass is 32.1. The van der Waals surface area contributed by atoms with Gasteiger partial charge < -0.3 is 4.42 Å². The first-order chi connectivity index (χ1) is 5.27. The van der Waals surface area contributed by atoms with E-state index >= 15 is 0 Å². The van der Waals surface area contributed by atoms with Crippen LogP contribution in [0.15, 0.2) is 20.7 Å². The molecule has 0 bridgehead atoms. The predicted octanol–water partition coefficient (Wildman–Crippen LogP) is 2.33. The number of thiol groups is 1. The largest absolute Gasteiger partial charge is 0.413 e. The first kappa shape index (κ1) is 8.07. The summed E-state index contributed by atoms with van der Waals surface area (Å²) < 4.78 is 4.99. The normalized spacial score (nSPS) is 10.7. The molecule has 0 aromatic carbocycles. The Labute approximate surface area is 70.3 Å². The second-order valence-electron chi connectivity index (χ2n) is 1.84. The van der Waals surface area contributed by atoms with E-state index in [0.29, 0.717) is 16.8 Å². The minimum Gasteiger partial charge on any atom is -0.413 e. The number of hydrogen-bond donors (Lipinski definition) is 1. The van der Waals surface area contributed by atoms with Gasteiger partial charge in [0.05, 0.1) is 0 Å². The Morgan fingerprint density at radius 1 is 1.73 bits per heavy atom. The van der Waals surface area contributed by atoms with E-state index in [1.54, 1.807) is 6.08 Å². The summed E-state index contributed by atoms with van der Waals surface area (Å²) >= 11 is 3.92. The summed E-state index contributed by atoms with van der Waals surface area (Å²) in [5, 5.41) is 0.306. The molecule has 0 spiro atoms. The molecule has 0 fully saturated rings. The molecule has 4 heteroatoms. The lowest BCUT2D eigenvalue weighted by molar-refractivity contribution is 0.466. The Kier molecular flexibility index (Phi) is 2.48. The number of aliphatic imine (C=N–C) groups is 1. The van der Waals surface area contributed by atoms with E-state index in [9.17, 15) is 0 Å². The van der Waals surface area contributed by atoms with Gasteiger partial charge >= 0.3 is 0 Å². The van der Waals surface area contributed by atoms with Gasteiger partial charge in [-0.15, -0.1) is 0 Å². The van der Waals surface area contributed by atoms with E-state index in [1.807, 2.05) is 13.0 Å².